The van der Waals surface area contributed by atoms with Crippen LogP contribution in [0.15, 0.2) is 48.5 Å². The highest BCUT2D eigenvalue weighted by molar-refractivity contribution is 5.99. The van der Waals surface area contributed by atoms with Crippen LogP contribution >= 0.6 is 0 Å². The zero-order valence-corrected chi connectivity index (χ0v) is 16.9. The molecule has 3 heterocycles. The summed E-state index contributed by atoms with van der Waals surface area (Å²) < 4.78 is 6.73. The van der Waals surface area contributed by atoms with Crippen LogP contribution in [-0.4, -0.2) is 76.5 Å². The van der Waals surface area contributed by atoms with Crippen molar-refractivity contribution in [2.75, 3.05) is 56.6 Å². The Labute approximate surface area is 174 Å². The number of aromatic nitrogens is 5. The first-order valence-electron chi connectivity index (χ1n) is 10.1. The fraction of sp³-hybridized carbons (Fsp3) is 0.333. The third kappa shape index (κ3) is 3.59. The van der Waals surface area contributed by atoms with Crippen LogP contribution < -0.4 is 15.0 Å². The maximum Gasteiger partial charge on any atom is 0.207 e. The number of ether oxygens (including phenoxy) is 1. The van der Waals surface area contributed by atoms with Gasteiger partial charge in [0.1, 0.15) is 5.75 Å². The van der Waals surface area contributed by atoms with E-state index in [-0.39, 0.29) is 0 Å². The van der Waals surface area contributed by atoms with Gasteiger partial charge < -0.3 is 15.0 Å². The van der Waals surface area contributed by atoms with Crippen molar-refractivity contribution >= 4 is 27.9 Å². The van der Waals surface area contributed by atoms with E-state index in [1.54, 1.807) is 7.11 Å². The number of benzene rings is 2. The average Bonchev–Trinajstić information content (AvgIpc) is 3.29. The van der Waals surface area contributed by atoms with Crippen LogP contribution in [0.3, 0.4) is 0 Å². The number of hydrogen-bond donors (Lipinski definition) is 1. The lowest BCUT2D eigenvalue weighted by Gasteiger charge is -2.36. The van der Waals surface area contributed by atoms with E-state index in [1.165, 1.54) is 10.3 Å². The number of nitrogens with one attached hydrogen (secondary N) is 1. The Morgan fingerprint density at radius 2 is 1.73 bits per heavy atom. The van der Waals surface area contributed by atoms with Gasteiger partial charge in [0.05, 0.1) is 7.11 Å². The third-order valence-electron chi connectivity index (χ3n) is 5.60. The van der Waals surface area contributed by atoms with Crippen molar-refractivity contribution in [3.05, 3.63) is 48.5 Å². The van der Waals surface area contributed by atoms with Gasteiger partial charge in [0.25, 0.3) is 0 Å². The summed E-state index contributed by atoms with van der Waals surface area (Å²) in [7, 11) is 1.70. The molecule has 0 radical (unpaired) electrons. The van der Waals surface area contributed by atoms with E-state index in [2.05, 4.69) is 47.9 Å². The first kappa shape index (κ1) is 18.6. The number of piperazine rings is 1. The van der Waals surface area contributed by atoms with Crippen LogP contribution in [0.4, 0.5) is 11.5 Å². The van der Waals surface area contributed by atoms with Crippen molar-refractivity contribution in [3.63, 3.8) is 0 Å². The van der Waals surface area contributed by atoms with Gasteiger partial charge in [-0.25, -0.2) is 0 Å². The smallest absolute Gasteiger partial charge is 0.207 e. The van der Waals surface area contributed by atoms with Gasteiger partial charge in [0.2, 0.25) is 5.65 Å². The summed E-state index contributed by atoms with van der Waals surface area (Å²) in [6.07, 6.45) is 0. The monoisotopic (exact) mass is 404 g/mol. The van der Waals surface area contributed by atoms with Crippen molar-refractivity contribution in [1.29, 1.82) is 0 Å². The highest BCUT2D eigenvalue weighted by Gasteiger charge is 2.17. The molecule has 30 heavy (non-hydrogen) atoms. The molecule has 1 saturated heterocycles. The number of methoxy groups -OCH3 is 1. The predicted molar refractivity (Wildman–Crippen MR) is 116 cm³/mol. The van der Waals surface area contributed by atoms with Crippen molar-refractivity contribution in [1.82, 2.24) is 30.2 Å². The molecule has 5 rings (SSSR count). The molecular formula is C21H24N8O. The number of nitrogens with zero attached hydrogens (tertiary/aromatic N) is 7. The molecule has 2 aromatic heterocycles. The molecule has 4 aromatic rings. The van der Waals surface area contributed by atoms with E-state index in [0.29, 0.717) is 5.65 Å². The second-order valence-electron chi connectivity index (χ2n) is 7.34. The normalized spacial score (nSPS) is 15.0. The van der Waals surface area contributed by atoms with E-state index in [9.17, 15) is 0 Å². The van der Waals surface area contributed by atoms with E-state index in [4.69, 9.17) is 4.74 Å². The number of hydrogen-bond acceptors (Lipinski definition) is 8. The molecule has 0 unspecified atom stereocenters. The number of fused-ring (bicyclic) bond motifs is 3. The molecule has 1 N–H and O–H groups in total. The van der Waals surface area contributed by atoms with E-state index >= 15 is 0 Å². The molecule has 0 atom stereocenters. The van der Waals surface area contributed by atoms with Gasteiger partial charge in [-0.3, -0.25) is 4.90 Å². The lowest BCUT2D eigenvalue weighted by Crippen LogP contribution is -2.47. The minimum absolute atomic E-state index is 0.672. The van der Waals surface area contributed by atoms with E-state index in [1.807, 2.05) is 36.4 Å². The van der Waals surface area contributed by atoms with E-state index < -0.39 is 0 Å². The number of rotatable bonds is 6. The van der Waals surface area contributed by atoms with Gasteiger partial charge in [-0.15, -0.1) is 14.8 Å². The van der Waals surface area contributed by atoms with Crippen LogP contribution in [0.2, 0.25) is 0 Å². The van der Waals surface area contributed by atoms with Crippen LogP contribution in [0, 0.1) is 0 Å². The summed E-state index contributed by atoms with van der Waals surface area (Å²) in [5.74, 6) is 1.70. The number of tetrazole rings is 1. The highest BCUT2D eigenvalue weighted by atomic mass is 16.5. The fourth-order valence-electron chi connectivity index (χ4n) is 3.93. The predicted octanol–water partition coefficient (Wildman–Crippen LogP) is 1.92. The Morgan fingerprint density at radius 3 is 2.50 bits per heavy atom. The fourth-order valence-corrected chi connectivity index (χ4v) is 3.93. The summed E-state index contributed by atoms with van der Waals surface area (Å²) in [5, 5.41) is 21.8. The standard InChI is InChI=1S/C21H24N8O/c1-30-17-8-6-16(7-9-17)28-14-12-27(13-15-28)11-10-22-20-18-4-2-3-5-19(18)21-23-25-26-29(21)24-20/h2-9H,10-15H2,1H3,(H,22,24). The van der Waals surface area contributed by atoms with Gasteiger partial charge in [0, 0.05) is 55.7 Å². The molecule has 0 spiro atoms. The van der Waals surface area contributed by atoms with Crippen LogP contribution in [-0.2, 0) is 0 Å². The lowest BCUT2D eigenvalue weighted by atomic mass is 10.2. The van der Waals surface area contributed by atoms with Gasteiger partial charge in [-0.2, -0.15) is 0 Å². The maximum atomic E-state index is 5.25. The minimum atomic E-state index is 0.672. The Balaban J connectivity index is 1.19. The Bertz CT molecular complexity index is 1130. The summed E-state index contributed by atoms with van der Waals surface area (Å²) in [6.45, 7) is 5.88. The molecule has 1 aliphatic rings. The molecule has 0 amide bonds. The zero-order chi connectivity index (χ0) is 20.3. The SMILES string of the molecule is COc1ccc(N2CCN(CCNc3nn4nnnc4c4ccccc34)CC2)cc1. The number of anilines is 2. The first-order valence-corrected chi connectivity index (χ1v) is 10.1. The molecule has 0 bridgehead atoms. The molecule has 0 saturated carbocycles. The largest absolute Gasteiger partial charge is 0.497 e. The van der Waals surface area contributed by atoms with Crippen molar-refractivity contribution in [2.45, 2.75) is 0 Å². The molecule has 0 aliphatic carbocycles. The van der Waals surface area contributed by atoms with Gasteiger partial charge in [0.15, 0.2) is 5.82 Å². The second kappa shape index (κ2) is 8.11. The van der Waals surface area contributed by atoms with Crippen molar-refractivity contribution in [3.8, 4) is 5.75 Å². The maximum absolute atomic E-state index is 5.25. The zero-order valence-electron chi connectivity index (χ0n) is 16.9. The molecule has 9 heteroatoms. The second-order valence-corrected chi connectivity index (χ2v) is 7.34. The molecule has 1 aliphatic heterocycles. The van der Waals surface area contributed by atoms with Crippen molar-refractivity contribution < 1.29 is 4.74 Å². The molecule has 1 fully saturated rings. The Hall–Kier alpha value is -3.46. The van der Waals surface area contributed by atoms with Gasteiger partial charge in [-0.05, 0) is 34.7 Å². The summed E-state index contributed by atoms with van der Waals surface area (Å²) in [4.78, 5) is 4.90. The Kier molecular flexibility index (Phi) is 5.02. The third-order valence-corrected chi connectivity index (χ3v) is 5.60. The lowest BCUT2D eigenvalue weighted by molar-refractivity contribution is 0.267. The summed E-state index contributed by atoms with van der Waals surface area (Å²) in [5.41, 5.74) is 1.92. The molecule has 9 nitrogen and oxygen atoms in total. The van der Waals surface area contributed by atoms with Crippen LogP contribution in [0.1, 0.15) is 0 Å². The van der Waals surface area contributed by atoms with Crippen LogP contribution in [0.25, 0.3) is 16.4 Å². The summed E-state index contributed by atoms with van der Waals surface area (Å²) >= 11 is 0. The quantitative estimate of drug-likeness (QED) is 0.522. The molecule has 154 valence electrons. The van der Waals surface area contributed by atoms with Crippen molar-refractivity contribution in [2.24, 2.45) is 0 Å². The average molecular weight is 404 g/mol. The van der Waals surface area contributed by atoms with Gasteiger partial charge >= 0.3 is 0 Å². The topological polar surface area (TPSA) is 83.7 Å². The first-order chi connectivity index (χ1) is 14.8. The highest BCUT2D eigenvalue weighted by Crippen LogP contribution is 2.23. The van der Waals surface area contributed by atoms with Gasteiger partial charge in [-0.1, -0.05) is 24.3 Å². The minimum Gasteiger partial charge on any atom is -0.497 e. The molecular weight excluding hydrogens is 380 g/mol. The summed E-state index contributed by atoms with van der Waals surface area (Å²) in [6, 6.07) is 16.4. The van der Waals surface area contributed by atoms with E-state index in [0.717, 1.165) is 61.6 Å². The van der Waals surface area contributed by atoms with Crippen LogP contribution in [0.5, 0.6) is 5.75 Å². The molecule has 2 aromatic carbocycles. The Morgan fingerprint density at radius 1 is 0.967 bits per heavy atom.